The summed E-state index contributed by atoms with van der Waals surface area (Å²) < 4.78 is 13.9. The molecule has 0 bridgehead atoms. The maximum absolute atomic E-state index is 13.9. The zero-order valence-corrected chi connectivity index (χ0v) is 18.5. The van der Waals surface area contributed by atoms with Gasteiger partial charge in [-0.3, -0.25) is 14.4 Å². The Bertz CT molecular complexity index is 956. The second-order valence-electron chi connectivity index (χ2n) is 7.79. The second-order valence-corrected chi connectivity index (χ2v) is 7.79. The molecule has 3 rings (SSSR count). The lowest BCUT2D eigenvalue weighted by Gasteiger charge is -2.36. The molecule has 1 N–H and O–H groups in total. The molecule has 0 aromatic heterocycles. The summed E-state index contributed by atoms with van der Waals surface area (Å²) in [6.45, 7) is 6.28. The molecule has 0 radical (unpaired) electrons. The third-order valence-corrected chi connectivity index (χ3v) is 5.46. The number of hydrogen-bond donors (Lipinski definition) is 1. The Balaban J connectivity index is 1.52. The van der Waals surface area contributed by atoms with Crippen molar-refractivity contribution in [3.8, 4) is 0 Å². The monoisotopic (exact) mass is 440 g/mol. The van der Waals surface area contributed by atoms with Crippen molar-refractivity contribution in [1.82, 2.24) is 9.80 Å². The van der Waals surface area contributed by atoms with Gasteiger partial charge in [-0.15, -0.1) is 0 Å². The van der Waals surface area contributed by atoms with E-state index in [0.717, 1.165) is 12.1 Å². The smallest absolute Gasteiger partial charge is 0.256 e. The molecule has 2 aromatic rings. The van der Waals surface area contributed by atoms with E-state index in [1.54, 1.807) is 17.0 Å². The van der Waals surface area contributed by atoms with Crippen LogP contribution in [0.5, 0.6) is 0 Å². The minimum Gasteiger partial charge on any atom is -0.368 e. The van der Waals surface area contributed by atoms with E-state index in [-0.39, 0.29) is 29.8 Å². The molecule has 0 atom stereocenters. The van der Waals surface area contributed by atoms with Crippen molar-refractivity contribution in [3.05, 3.63) is 59.9 Å². The van der Waals surface area contributed by atoms with Crippen molar-refractivity contribution in [3.63, 3.8) is 0 Å². The van der Waals surface area contributed by atoms with Crippen molar-refractivity contribution >= 4 is 29.1 Å². The maximum atomic E-state index is 13.9. The number of rotatable bonds is 7. The highest BCUT2D eigenvalue weighted by Crippen LogP contribution is 2.21. The molecule has 1 saturated heterocycles. The van der Waals surface area contributed by atoms with Crippen molar-refractivity contribution in [1.29, 1.82) is 0 Å². The van der Waals surface area contributed by atoms with Crippen molar-refractivity contribution in [2.75, 3.05) is 49.5 Å². The predicted molar refractivity (Wildman–Crippen MR) is 122 cm³/mol. The summed E-state index contributed by atoms with van der Waals surface area (Å²) in [5, 5.41) is 2.82. The van der Waals surface area contributed by atoms with Gasteiger partial charge in [0.1, 0.15) is 5.82 Å². The van der Waals surface area contributed by atoms with Gasteiger partial charge in [-0.2, -0.15) is 0 Å². The van der Waals surface area contributed by atoms with E-state index in [2.05, 4.69) is 10.2 Å². The number of amides is 3. The average molecular weight is 441 g/mol. The lowest BCUT2D eigenvalue weighted by atomic mass is 10.1. The van der Waals surface area contributed by atoms with Gasteiger partial charge in [0, 0.05) is 51.0 Å². The summed E-state index contributed by atoms with van der Waals surface area (Å²) in [6.07, 6.45) is 0.792. The lowest BCUT2D eigenvalue weighted by molar-refractivity contribution is -0.132. The van der Waals surface area contributed by atoms with Gasteiger partial charge in [0.05, 0.1) is 12.1 Å². The van der Waals surface area contributed by atoms with Crippen LogP contribution in [0, 0.1) is 5.82 Å². The molecule has 8 heteroatoms. The summed E-state index contributed by atoms with van der Waals surface area (Å²) in [5.41, 5.74) is 1.74. The topological polar surface area (TPSA) is 73.0 Å². The first kappa shape index (κ1) is 23.2. The summed E-state index contributed by atoms with van der Waals surface area (Å²) in [7, 11) is 0. The van der Waals surface area contributed by atoms with E-state index in [4.69, 9.17) is 0 Å². The molecule has 1 aliphatic heterocycles. The molecular formula is C24H29FN4O3. The summed E-state index contributed by atoms with van der Waals surface area (Å²) >= 11 is 0. The summed E-state index contributed by atoms with van der Waals surface area (Å²) in [6, 6.07) is 13.5. The van der Waals surface area contributed by atoms with Gasteiger partial charge < -0.3 is 20.0 Å². The number of piperazine rings is 1. The zero-order chi connectivity index (χ0) is 23.1. The maximum Gasteiger partial charge on any atom is 0.256 e. The molecular weight excluding hydrogens is 411 g/mol. The number of nitrogens with one attached hydrogen (secondary N) is 1. The van der Waals surface area contributed by atoms with Gasteiger partial charge in [0.15, 0.2) is 0 Å². The molecule has 170 valence electrons. The fraction of sp³-hybridized carbons (Fsp3) is 0.375. The lowest BCUT2D eigenvalue weighted by Crippen LogP contribution is -2.49. The Labute approximate surface area is 187 Å². The molecule has 1 fully saturated rings. The molecule has 0 saturated carbocycles. The highest BCUT2D eigenvalue weighted by atomic mass is 19.1. The predicted octanol–water partition coefficient (Wildman–Crippen LogP) is 2.99. The van der Waals surface area contributed by atoms with E-state index in [9.17, 15) is 18.8 Å². The average Bonchev–Trinajstić information content (AvgIpc) is 2.79. The SMILES string of the molecule is CCCN(CC(=O)Nc1ccc(N2CCN(C(=O)c3ccccc3F)CC2)cc1)C(C)=O. The Kier molecular flexibility index (Phi) is 7.81. The molecule has 0 unspecified atom stereocenters. The van der Waals surface area contributed by atoms with Gasteiger partial charge in [-0.05, 0) is 42.8 Å². The molecule has 32 heavy (non-hydrogen) atoms. The van der Waals surface area contributed by atoms with E-state index < -0.39 is 5.82 Å². The summed E-state index contributed by atoms with van der Waals surface area (Å²) in [5.74, 6) is -1.14. The van der Waals surface area contributed by atoms with Crippen LogP contribution in [0.3, 0.4) is 0 Å². The number of hydrogen-bond acceptors (Lipinski definition) is 4. The van der Waals surface area contributed by atoms with Gasteiger partial charge in [-0.25, -0.2) is 4.39 Å². The number of halogens is 1. The molecule has 1 aliphatic rings. The molecule has 7 nitrogen and oxygen atoms in total. The van der Waals surface area contributed by atoms with Crippen molar-refractivity contribution < 1.29 is 18.8 Å². The van der Waals surface area contributed by atoms with Crippen LogP contribution >= 0.6 is 0 Å². The summed E-state index contributed by atoms with van der Waals surface area (Å²) in [4.78, 5) is 41.8. The number of nitrogens with zero attached hydrogens (tertiary/aromatic N) is 3. The molecule has 0 spiro atoms. The van der Waals surface area contributed by atoms with Crippen LogP contribution in [-0.4, -0.2) is 66.8 Å². The number of anilines is 2. The van der Waals surface area contributed by atoms with E-state index in [1.165, 1.54) is 24.0 Å². The quantitative estimate of drug-likeness (QED) is 0.719. The number of carbonyl (C=O) groups excluding carboxylic acids is 3. The first-order valence-electron chi connectivity index (χ1n) is 10.8. The molecule has 1 heterocycles. The third-order valence-electron chi connectivity index (χ3n) is 5.46. The fourth-order valence-corrected chi connectivity index (χ4v) is 3.72. The van der Waals surface area contributed by atoms with Crippen LogP contribution in [0.25, 0.3) is 0 Å². The first-order chi connectivity index (χ1) is 15.4. The highest BCUT2D eigenvalue weighted by molar-refractivity contribution is 5.95. The van der Waals surface area contributed by atoms with E-state index >= 15 is 0 Å². The van der Waals surface area contributed by atoms with Gasteiger partial charge in [-0.1, -0.05) is 19.1 Å². The fourth-order valence-electron chi connectivity index (χ4n) is 3.72. The Morgan fingerprint density at radius 2 is 1.66 bits per heavy atom. The number of carbonyl (C=O) groups is 3. The van der Waals surface area contributed by atoms with Crippen LogP contribution < -0.4 is 10.2 Å². The largest absolute Gasteiger partial charge is 0.368 e. The molecule has 0 aliphatic carbocycles. The van der Waals surface area contributed by atoms with Gasteiger partial charge in [0.2, 0.25) is 11.8 Å². The van der Waals surface area contributed by atoms with Crippen molar-refractivity contribution in [2.24, 2.45) is 0 Å². The van der Waals surface area contributed by atoms with E-state index in [1.807, 2.05) is 31.2 Å². The van der Waals surface area contributed by atoms with Crippen LogP contribution in [-0.2, 0) is 9.59 Å². The van der Waals surface area contributed by atoms with Crippen molar-refractivity contribution in [2.45, 2.75) is 20.3 Å². The zero-order valence-electron chi connectivity index (χ0n) is 18.5. The van der Waals surface area contributed by atoms with E-state index in [0.29, 0.717) is 38.4 Å². The Morgan fingerprint density at radius 3 is 2.25 bits per heavy atom. The second kappa shape index (κ2) is 10.7. The normalized spacial score (nSPS) is 13.6. The molecule has 3 amide bonds. The van der Waals surface area contributed by atoms with Crippen LogP contribution in [0.1, 0.15) is 30.6 Å². The standard InChI is InChI=1S/C24H29FN4O3/c1-3-12-29(18(2)30)17-23(31)26-19-8-10-20(11-9-19)27-13-15-28(16-14-27)24(32)21-6-4-5-7-22(21)25/h4-11H,3,12-17H2,1-2H3,(H,26,31). The van der Waals surface area contributed by atoms with Gasteiger partial charge in [0.25, 0.3) is 5.91 Å². The minimum absolute atomic E-state index is 0.0307. The Hall–Kier alpha value is -3.42. The minimum atomic E-state index is -0.501. The third kappa shape index (κ3) is 5.84. The van der Waals surface area contributed by atoms with Crippen LogP contribution in [0.2, 0.25) is 0 Å². The number of benzene rings is 2. The van der Waals surface area contributed by atoms with Crippen LogP contribution in [0.15, 0.2) is 48.5 Å². The molecule has 2 aromatic carbocycles. The highest BCUT2D eigenvalue weighted by Gasteiger charge is 2.24. The first-order valence-corrected chi connectivity index (χ1v) is 10.8. The Morgan fingerprint density at radius 1 is 1.00 bits per heavy atom. The van der Waals surface area contributed by atoms with Gasteiger partial charge >= 0.3 is 0 Å². The van der Waals surface area contributed by atoms with Crippen LogP contribution in [0.4, 0.5) is 15.8 Å².